The van der Waals surface area contributed by atoms with Gasteiger partial charge in [0.25, 0.3) is 5.91 Å². The van der Waals surface area contributed by atoms with Gasteiger partial charge in [-0.3, -0.25) is 19.6 Å². The molecule has 1 spiro atoms. The molecule has 2 amide bonds. The fourth-order valence-electron chi connectivity index (χ4n) is 3.68. The number of carbonyl (C=O) groups is 2. The van der Waals surface area contributed by atoms with Crippen LogP contribution in [0.4, 0.5) is 5.69 Å². The highest BCUT2D eigenvalue weighted by atomic mass is 16.2. The molecule has 0 aromatic carbocycles. The molecule has 2 fully saturated rings. The van der Waals surface area contributed by atoms with E-state index in [2.05, 4.69) is 9.97 Å². The first-order valence-corrected chi connectivity index (χ1v) is 8.11. The topological polar surface area (TPSA) is 66.4 Å². The average Bonchev–Trinajstić information content (AvgIpc) is 3.21. The SMILES string of the molecule is O=C(c1ccncc1)N1CCC2(CCN(c3cccnc3)C2=O)C1. The molecule has 24 heavy (non-hydrogen) atoms. The predicted octanol–water partition coefficient (Wildman–Crippen LogP) is 1.75. The molecule has 0 bridgehead atoms. The minimum Gasteiger partial charge on any atom is -0.338 e. The molecule has 4 rings (SSSR count). The van der Waals surface area contributed by atoms with Crippen LogP contribution in [0.3, 0.4) is 0 Å². The maximum Gasteiger partial charge on any atom is 0.253 e. The van der Waals surface area contributed by atoms with Crippen LogP contribution in [0.25, 0.3) is 0 Å². The highest BCUT2D eigenvalue weighted by Gasteiger charge is 2.52. The van der Waals surface area contributed by atoms with Crippen molar-refractivity contribution >= 4 is 17.5 Å². The quantitative estimate of drug-likeness (QED) is 0.845. The van der Waals surface area contributed by atoms with Crippen LogP contribution in [0.5, 0.6) is 0 Å². The number of pyridine rings is 2. The lowest BCUT2D eigenvalue weighted by Gasteiger charge is -2.23. The van der Waals surface area contributed by atoms with Gasteiger partial charge in [-0.2, -0.15) is 0 Å². The van der Waals surface area contributed by atoms with Crippen molar-refractivity contribution in [1.29, 1.82) is 0 Å². The van der Waals surface area contributed by atoms with Crippen LogP contribution in [-0.2, 0) is 4.79 Å². The molecule has 2 aliphatic heterocycles. The highest BCUT2D eigenvalue weighted by molar-refractivity contribution is 6.01. The van der Waals surface area contributed by atoms with Gasteiger partial charge < -0.3 is 9.80 Å². The van der Waals surface area contributed by atoms with E-state index in [0.29, 0.717) is 25.2 Å². The van der Waals surface area contributed by atoms with E-state index < -0.39 is 5.41 Å². The maximum atomic E-state index is 13.0. The van der Waals surface area contributed by atoms with E-state index in [1.54, 1.807) is 46.7 Å². The van der Waals surface area contributed by atoms with Crippen LogP contribution in [0, 0.1) is 5.41 Å². The zero-order valence-electron chi connectivity index (χ0n) is 13.3. The van der Waals surface area contributed by atoms with E-state index in [9.17, 15) is 9.59 Å². The number of nitrogens with zero attached hydrogens (tertiary/aromatic N) is 4. The average molecular weight is 322 g/mol. The summed E-state index contributed by atoms with van der Waals surface area (Å²) in [5, 5.41) is 0. The Hall–Kier alpha value is -2.76. The summed E-state index contributed by atoms with van der Waals surface area (Å²) in [5.41, 5.74) is 1.01. The van der Waals surface area contributed by atoms with E-state index in [4.69, 9.17) is 0 Å². The van der Waals surface area contributed by atoms with Crippen LogP contribution >= 0.6 is 0 Å². The van der Waals surface area contributed by atoms with E-state index in [1.807, 2.05) is 12.1 Å². The molecule has 0 radical (unpaired) electrons. The standard InChI is InChI=1S/C18H18N4O2/c23-16(14-3-8-19-9-4-14)21-10-5-18(13-21)6-11-22(17(18)24)15-2-1-7-20-12-15/h1-4,7-9,12H,5-6,10-11,13H2. The molecule has 1 atom stereocenters. The molecule has 0 saturated carbocycles. The molecule has 4 heterocycles. The Morgan fingerprint density at radius 2 is 1.83 bits per heavy atom. The summed E-state index contributed by atoms with van der Waals surface area (Å²) in [6.45, 7) is 1.79. The molecule has 6 nitrogen and oxygen atoms in total. The van der Waals surface area contributed by atoms with Crippen LogP contribution in [0.15, 0.2) is 49.1 Å². The van der Waals surface area contributed by atoms with Crippen LogP contribution in [-0.4, -0.2) is 46.3 Å². The lowest BCUT2D eigenvalue weighted by Crippen LogP contribution is -2.38. The normalized spacial score (nSPS) is 23.2. The lowest BCUT2D eigenvalue weighted by molar-refractivity contribution is -0.124. The summed E-state index contributed by atoms with van der Waals surface area (Å²) in [6, 6.07) is 7.16. The van der Waals surface area contributed by atoms with Crippen molar-refractivity contribution in [3.05, 3.63) is 54.6 Å². The van der Waals surface area contributed by atoms with E-state index >= 15 is 0 Å². The van der Waals surface area contributed by atoms with Gasteiger partial charge in [-0.1, -0.05) is 0 Å². The largest absolute Gasteiger partial charge is 0.338 e. The second kappa shape index (κ2) is 5.70. The Morgan fingerprint density at radius 1 is 1.04 bits per heavy atom. The molecule has 2 aromatic rings. The number of hydrogen-bond acceptors (Lipinski definition) is 4. The number of likely N-dealkylation sites (tertiary alicyclic amines) is 1. The van der Waals surface area contributed by atoms with Gasteiger partial charge in [0, 0.05) is 43.8 Å². The van der Waals surface area contributed by atoms with Crippen molar-refractivity contribution in [3.8, 4) is 0 Å². The smallest absolute Gasteiger partial charge is 0.253 e. The van der Waals surface area contributed by atoms with Crippen molar-refractivity contribution in [3.63, 3.8) is 0 Å². The molecular weight excluding hydrogens is 304 g/mol. The fourth-order valence-corrected chi connectivity index (χ4v) is 3.68. The summed E-state index contributed by atoms with van der Waals surface area (Å²) in [4.78, 5) is 37.2. The number of aromatic nitrogens is 2. The third-order valence-corrected chi connectivity index (χ3v) is 5.04. The summed E-state index contributed by atoms with van der Waals surface area (Å²) in [5.74, 6) is 0.0856. The molecule has 1 unspecified atom stereocenters. The van der Waals surface area contributed by atoms with Crippen LogP contribution in [0.1, 0.15) is 23.2 Å². The van der Waals surface area contributed by atoms with Gasteiger partial charge in [0.15, 0.2) is 0 Å². The number of carbonyl (C=O) groups excluding carboxylic acids is 2. The van der Waals surface area contributed by atoms with Gasteiger partial charge in [0.1, 0.15) is 0 Å². The number of hydrogen-bond donors (Lipinski definition) is 0. The van der Waals surface area contributed by atoms with Crippen molar-refractivity contribution in [2.24, 2.45) is 5.41 Å². The molecule has 122 valence electrons. The van der Waals surface area contributed by atoms with Gasteiger partial charge >= 0.3 is 0 Å². The van der Waals surface area contributed by atoms with Crippen LogP contribution in [0.2, 0.25) is 0 Å². The fraction of sp³-hybridized carbons (Fsp3) is 0.333. The molecule has 2 aromatic heterocycles. The van der Waals surface area contributed by atoms with E-state index in [-0.39, 0.29) is 11.8 Å². The summed E-state index contributed by atoms with van der Waals surface area (Å²) >= 11 is 0. The molecule has 2 aliphatic rings. The van der Waals surface area contributed by atoms with Gasteiger partial charge in [-0.05, 0) is 37.1 Å². The second-order valence-corrected chi connectivity index (χ2v) is 6.41. The molecule has 0 aliphatic carbocycles. The van der Waals surface area contributed by atoms with Gasteiger partial charge in [0.05, 0.1) is 17.3 Å². The first-order chi connectivity index (χ1) is 11.7. The highest BCUT2D eigenvalue weighted by Crippen LogP contribution is 2.42. The Morgan fingerprint density at radius 3 is 2.58 bits per heavy atom. The second-order valence-electron chi connectivity index (χ2n) is 6.41. The van der Waals surface area contributed by atoms with Gasteiger partial charge in [0.2, 0.25) is 5.91 Å². The Balaban J connectivity index is 1.52. The minimum absolute atomic E-state index is 0.0260. The summed E-state index contributed by atoms with van der Waals surface area (Å²) in [7, 11) is 0. The third kappa shape index (κ3) is 2.35. The summed E-state index contributed by atoms with van der Waals surface area (Å²) in [6.07, 6.45) is 8.14. The lowest BCUT2D eigenvalue weighted by atomic mass is 9.85. The number of anilines is 1. The monoisotopic (exact) mass is 322 g/mol. The van der Waals surface area contributed by atoms with E-state index in [0.717, 1.165) is 18.5 Å². The number of amides is 2. The zero-order chi connectivity index (χ0) is 16.6. The van der Waals surface area contributed by atoms with Crippen molar-refractivity contribution in [2.75, 3.05) is 24.5 Å². The third-order valence-electron chi connectivity index (χ3n) is 5.04. The maximum absolute atomic E-state index is 13.0. The van der Waals surface area contributed by atoms with Gasteiger partial charge in [-0.15, -0.1) is 0 Å². The van der Waals surface area contributed by atoms with E-state index in [1.165, 1.54) is 0 Å². The van der Waals surface area contributed by atoms with Crippen molar-refractivity contribution in [1.82, 2.24) is 14.9 Å². The molecule has 2 saturated heterocycles. The van der Waals surface area contributed by atoms with Crippen molar-refractivity contribution < 1.29 is 9.59 Å². The predicted molar refractivity (Wildman–Crippen MR) is 88.4 cm³/mol. The Kier molecular flexibility index (Phi) is 3.52. The zero-order valence-corrected chi connectivity index (χ0v) is 13.3. The molecule has 0 N–H and O–H groups in total. The molecular formula is C18H18N4O2. The summed E-state index contributed by atoms with van der Waals surface area (Å²) < 4.78 is 0. The minimum atomic E-state index is -0.446. The van der Waals surface area contributed by atoms with Crippen molar-refractivity contribution in [2.45, 2.75) is 12.8 Å². The molecule has 6 heteroatoms. The van der Waals surface area contributed by atoms with Gasteiger partial charge in [-0.25, -0.2) is 0 Å². The number of rotatable bonds is 2. The van der Waals surface area contributed by atoms with Crippen LogP contribution < -0.4 is 4.90 Å². The first-order valence-electron chi connectivity index (χ1n) is 8.11. The first kappa shape index (κ1) is 14.8. The Labute approximate surface area is 140 Å². The Bertz CT molecular complexity index is 765.